The van der Waals surface area contributed by atoms with Crippen LogP contribution in [0.2, 0.25) is 10.0 Å². The molecule has 0 radical (unpaired) electrons. The molecule has 0 aliphatic heterocycles. The van der Waals surface area contributed by atoms with Gasteiger partial charge in [-0.3, -0.25) is 10.8 Å². The molecule has 148 valence electrons. The van der Waals surface area contributed by atoms with Crippen molar-refractivity contribution in [1.29, 1.82) is 10.8 Å². The van der Waals surface area contributed by atoms with E-state index in [-0.39, 0.29) is 11.8 Å². The van der Waals surface area contributed by atoms with E-state index in [1.165, 1.54) is 0 Å². The fourth-order valence-electron chi connectivity index (χ4n) is 2.17. The van der Waals surface area contributed by atoms with E-state index in [0.717, 1.165) is 11.4 Å². The summed E-state index contributed by atoms with van der Waals surface area (Å²) >= 11 is 11.7. The Kier molecular flexibility index (Phi) is 8.42. The third kappa shape index (κ3) is 7.29. The van der Waals surface area contributed by atoms with E-state index in [4.69, 9.17) is 34.0 Å². The molecule has 2 aromatic carbocycles. The van der Waals surface area contributed by atoms with Crippen LogP contribution < -0.4 is 10.6 Å². The standard InChI is InChI=1S/C20H24Cl2N6/c1-13(19(23)27-17-7-3-15(21)4-8-17)11-25-26-12-14(2)20(24)28-18-9-5-16(22)6-10-18/h3-10,13-14H,11-12H2,1-2H3,(H2,23,27)(H2,24,28). The van der Waals surface area contributed by atoms with Crippen molar-refractivity contribution < 1.29 is 0 Å². The van der Waals surface area contributed by atoms with Crippen LogP contribution in [0.3, 0.4) is 0 Å². The number of anilines is 2. The summed E-state index contributed by atoms with van der Waals surface area (Å²) in [6, 6.07) is 14.4. The molecular formula is C20H24Cl2N6. The smallest absolute Gasteiger partial charge is 0.102 e. The number of benzene rings is 2. The van der Waals surface area contributed by atoms with Gasteiger partial charge >= 0.3 is 0 Å². The van der Waals surface area contributed by atoms with Crippen LogP contribution in [0.25, 0.3) is 0 Å². The zero-order chi connectivity index (χ0) is 20.5. The molecule has 0 fully saturated rings. The summed E-state index contributed by atoms with van der Waals surface area (Å²) in [6.07, 6.45) is 0. The maximum absolute atomic E-state index is 8.11. The molecule has 0 spiro atoms. The first-order valence-electron chi connectivity index (χ1n) is 8.90. The minimum atomic E-state index is -0.0959. The molecule has 6 nitrogen and oxygen atoms in total. The summed E-state index contributed by atoms with van der Waals surface area (Å²) in [4.78, 5) is 0. The lowest BCUT2D eigenvalue weighted by Crippen LogP contribution is -2.22. The number of azo groups is 1. The zero-order valence-electron chi connectivity index (χ0n) is 15.8. The van der Waals surface area contributed by atoms with Gasteiger partial charge in [-0.15, -0.1) is 0 Å². The van der Waals surface area contributed by atoms with Crippen LogP contribution in [-0.2, 0) is 0 Å². The Labute approximate surface area is 175 Å². The van der Waals surface area contributed by atoms with Gasteiger partial charge in [-0.05, 0) is 48.5 Å². The Morgan fingerprint density at radius 3 is 1.39 bits per heavy atom. The Balaban J connectivity index is 1.73. The van der Waals surface area contributed by atoms with Gasteiger partial charge in [-0.1, -0.05) is 37.0 Å². The Hall–Kier alpha value is -2.44. The van der Waals surface area contributed by atoms with E-state index in [2.05, 4.69) is 20.9 Å². The van der Waals surface area contributed by atoms with E-state index in [1.54, 1.807) is 24.3 Å². The van der Waals surface area contributed by atoms with Gasteiger partial charge in [-0.25, -0.2) is 0 Å². The number of amidine groups is 2. The molecular weight excluding hydrogens is 395 g/mol. The van der Waals surface area contributed by atoms with Gasteiger partial charge in [0.15, 0.2) is 0 Å². The molecule has 4 N–H and O–H groups in total. The minimum Gasteiger partial charge on any atom is -0.344 e. The van der Waals surface area contributed by atoms with Crippen molar-refractivity contribution in [1.82, 2.24) is 0 Å². The Morgan fingerprint density at radius 2 is 1.07 bits per heavy atom. The largest absolute Gasteiger partial charge is 0.344 e. The zero-order valence-corrected chi connectivity index (χ0v) is 17.3. The fraction of sp³-hybridized carbons (Fsp3) is 0.300. The molecule has 0 saturated heterocycles. The molecule has 8 heteroatoms. The SMILES string of the molecule is CC(CN=NCC(C)C(=N)Nc1ccc(Cl)cc1)C(=N)Nc1ccc(Cl)cc1. The van der Waals surface area contributed by atoms with Crippen LogP contribution >= 0.6 is 23.2 Å². The number of hydrogen-bond donors (Lipinski definition) is 4. The van der Waals surface area contributed by atoms with Crippen molar-refractivity contribution in [2.45, 2.75) is 13.8 Å². The van der Waals surface area contributed by atoms with Crippen LogP contribution in [0.4, 0.5) is 11.4 Å². The summed E-state index contributed by atoms with van der Waals surface area (Å²) in [7, 11) is 0. The van der Waals surface area contributed by atoms with Crippen molar-refractivity contribution in [2.24, 2.45) is 22.1 Å². The summed E-state index contributed by atoms with van der Waals surface area (Å²) in [5.74, 6) is 0.542. The monoisotopic (exact) mass is 418 g/mol. The van der Waals surface area contributed by atoms with Gasteiger partial charge in [0.1, 0.15) is 11.7 Å². The molecule has 2 unspecified atom stereocenters. The average Bonchev–Trinajstić information content (AvgIpc) is 2.68. The van der Waals surface area contributed by atoms with Crippen LogP contribution in [0.15, 0.2) is 58.8 Å². The number of nitrogens with zero attached hydrogens (tertiary/aromatic N) is 2. The van der Waals surface area contributed by atoms with Gasteiger partial charge in [0.2, 0.25) is 0 Å². The summed E-state index contributed by atoms with van der Waals surface area (Å²) in [6.45, 7) is 4.64. The van der Waals surface area contributed by atoms with E-state index in [0.29, 0.717) is 34.8 Å². The number of rotatable bonds is 8. The van der Waals surface area contributed by atoms with Crippen LogP contribution in [0, 0.1) is 22.7 Å². The molecule has 0 saturated carbocycles. The normalized spacial score (nSPS) is 13.1. The molecule has 0 amide bonds. The van der Waals surface area contributed by atoms with Crippen molar-refractivity contribution in [2.75, 3.05) is 23.7 Å². The molecule has 2 rings (SSSR count). The van der Waals surface area contributed by atoms with E-state index >= 15 is 0 Å². The van der Waals surface area contributed by atoms with E-state index < -0.39 is 0 Å². The lowest BCUT2D eigenvalue weighted by molar-refractivity contribution is 0.683. The van der Waals surface area contributed by atoms with E-state index in [1.807, 2.05) is 38.1 Å². The molecule has 2 atom stereocenters. The van der Waals surface area contributed by atoms with Crippen LogP contribution in [0.5, 0.6) is 0 Å². The summed E-state index contributed by atoms with van der Waals surface area (Å²) in [5, 5.41) is 32.0. The third-order valence-corrected chi connectivity index (χ3v) is 4.55. The van der Waals surface area contributed by atoms with E-state index in [9.17, 15) is 0 Å². The minimum absolute atomic E-state index is 0.0959. The van der Waals surface area contributed by atoms with Crippen LogP contribution in [-0.4, -0.2) is 24.8 Å². The molecule has 0 bridgehead atoms. The lowest BCUT2D eigenvalue weighted by Gasteiger charge is -2.14. The fourth-order valence-corrected chi connectivity index (χ4v) is 2.42. The molecule has 2 aromatic rings. The van der Waals surface area contributed by atoms with Gasteiger partial charge in [0.05, 0.1) is 13.1 Å². The van der Waals surface area contributed by atoms with Crippen molar-refractivity contribution in [3.63, 3.8) is 0 Å². The molecule has 28 heavy (non-hydrogen) atoms. The maximum atomic E-state index is 8.11. The van der Waals surface area contributed by atoms with Gasteiger partial charge < -0.3 is 10.6 Å². The molecule has 0 heterocycles. The predicted octanol–water partition coefficient (Wildman–Crippen LogP) is 6.20. The number of halogens is 2. The Bertz CT molecular complexity index is 748. The lowest BCUT2D eigenvalue weighted by atomic mass is 10.1. The summed E-state index contributed by atoms with van der Waals surface area (Å²) < 4.78 is 0. The van der Waals surface area contributed by atoms with Crippen molar-refractivity contribution in [3.8, 4) is 0 Å². The first-order chi connectivity index (χ1) is 13.3. The molecule has 0 aliphatic carbocycles. The highest BCUT2D eigenvalue weighted by Gasteiger charge is 2.10. The van der Waals surface area contributed by atoms with Crippen LogP contribution in [0.1, 0.15) is 13.8 Å². The second-order valence-corrected chi connectivity index (χ2v) is 7.41. The van der Waals surface area contributed by atoms with Gasteiger partial charge in [-0.2, -0.15) is 10.2 Å². The quantitative estimate of drug-likeness (QED) is 0.233. The molecule has 0 aliphatic rings. The highest BCUT2D eigenvalue weighted by atomic mass is 35.5. The number of hydrogen-bond acceptors (Lipinski definition) is 4. The highest BCUT2D eigenvalue weighted by Crippen LogP contribution is 2.15. The van der Waals surface area contributed by atoms with Gasteiger partial charge in [0, 0.05) is 33.3 Å². The topological polar surface area (TPSA) is 96.5 Å². The number of nitrogens with one attached hydrogen (secondary N) is 4. The average molecular weight is 419 g/mol. The second kappa shape index (κ2) is 10.8. The first kappa shape index (κ1) is 21.9. The maximum Gasteiger partial charge on any atom is 0.102 e. The summed E-state index contributed by atoms with van der Waals surface area (Å²) in [5.41, 5.74) is 1.63. The van der Waals surface area contributed by atoms with Gasteiger partial charge in [0.25, 0.3) is 0 Å². The first-order valence-corrected chi connectivity index (χ1v) is 9.66. The second-order valence-electron chi connectivity index (χ2n) is 6.54. The Morgan fingerprint density at radius 1 is 0.750 bits per heavy atom. The van der Waals surface area contributed by atoms with Crippen molar-refractivity contribution in [3.05, 3.63) is 58.6 Å². The van der Waals surface area contributed by atoms with Crippen molar-refractivity contribution >= 4 is 46.2 Å². The third-order valence-electron chi connectivity index (χ3n) is 4.04. The molecule has 0 aromatic heterocycles. The highest BCUT2D eigenvalue weighted by molar-refractivity contribution is 6.31. The predicted molar refractivity (Wildman–Crippen MR) is 119 cm³/mol.